The van der Waals surface area contributed by atoms with Gasteiger partial charge in [0.1, 0.15) is 17.5 Å². The number of nitrogens with zero attached hydrogens (tertiary/aromatic N) is 2. The SMILES string of the molecule is Cc1nc(NN)c(C)c(NCCc2ccc(Cl)cc2)n1. The summed E-state index contributed by atoms with van der Waals surface area (Å²) in [7, 11) is 0. The van der Waals surface area contributed by atoms with E-state index in [1.165, 1.54) is 5.56 Å². The first-order valence-corrected chi connectivity index (χ1v) is 6.78. The molecule has 6 heteroatoms. The lowest BCUT2D eigenvalue weighted by Gasteiger charge is -2.12. The van der Waals surface area contributed by atoms with E-state index >= 15 is 0 Å². The van der Waals surface area contributed by atoms with Crippen molar-refractivity contribution in [2.24, 2.45) is 5.84 Å². The molecule has 5 nitrogen and oxygen atoms in total. The summed E-state index contributed by atoms with van der Waals surface area (Å²) in [6.45, 7) is 4.55. The third-order valence-electron chi connectivity index (χ3n) is 3.01. The standard InChI is InChI=1S/C14H18ClN5/c1-9-13(18-10(2)19-14(9)20-16)17-8-7-11-3-5-12(15)6-4-11/h3-6H,7-8,16H2,1-2H3,(H2,17,18,19,20). The fourth-order valence-electron chi connectivity index (χ4n) is 1.92. The maximum absolute atomic E-state index is 5.86. The van der Waals surface area contributed by atoms with E-state index in [1.54, 1.807) is 0 Å². The van der Waals surface area contributed by atoms with Gasteiger partial charge in [0.25, 0.3) is 0 Å². The molecule has 0 amide bonds. The smallest absolute Gasteiger partial charge is 0.148 e. The van der Waals surface area contributed by atoms with Gasteiger partial charge in [0.2, 0.25) is 0 Å². The minimum Gasteiger partial charge on any atom is -0.369 e. The van der Waals surface area contributed by atoms with E-state index in [-0.39, 0.29) is 0 Å². The average molecular weight is 292 g/mol. The van der Waals surface area contributed by atoms with Crippen LogP contribution in [0, 0.1) is 13.8 Å². The molecule has 0 fully saturated rings. The summed E-state index contributed by atoms with van der Waals surface area (Å²) in [6.07, 6.45) is 0.894. The fraction of sp³-hybridized carbons (Fsp3) is 0.286. The van der Waals surface area contributed by atoms with Crippen LogP contribution in [-0.2, 0) is 6.42 Å². The van der Waals surface area contributed by atoms with Gasteiger partial charge in [-0.05, 0) is 38.0 Å². The highest BCUT2D eigenvalue weighted by atomic mass is 35.5. The van der Waals surface area contributed by atoms with Crippen LogP contribution < -0.4 is 16.6 Å². The number of halogens is 1. The van der Waals surface area contributed by atoms with Gasteiger partial charge in [-0.2, -0.15) is 0 Å². The molecule has 0 saturated heterocycles. The van der Waals surface area contributed by atoms with E-state index in [4.69, 9.17) is 17.4 Å². The predicted molar refractivity (Wildman–Crippen MR) is 83.0 cm³/mol. The molecule has 106 valence electrons. The average Bonchev–Trinajstić information content (AvgIpc) is 2.44. The zero-order valence-corrected chi connectivity index (χ0v) is 12.3. The normalized spacial score (nSPS) is 10.4. The lowest BCUT2D eigenvalue weighted by atomic mass is 10.1. The first-order valence-electron chi connectivity index (χ1n) is 6.40. The minimum atomic E-state index is 0.645. The molecule has 1 aromatic heterocycles. The van der Waals surface area contributed by atoms with Gasteiger partial charge in [0.15, 0.2) is 0 Å². The first-order chi connectivity index (χ1) is 9.60. The first kappa shape index (κ1) is 14.6. The largest absolute Gasteiger partial charge is 0.369 e. The molecule has 1 aromatic carbocycles. The Morgan fingerprint density at radius 1 is 1.10 bits per heavy atom. The van der Waals surface area contributed by atoms with Crippen molar-refractivity contribution < 1.29 is 0 Å². The second-order valence-electron chi connectivity index (χ2n) is 4.54. The van der Waals surface area contributed by atoms with Crippen molar-refractivity contribution in [1.29, 1.82) is 0 Å². The summed E-state index contributed by atoms with van der Waals surface area (Å²) in [6, 6.07) is 7.84. The summed E-state index contributed by atoms with van der Waals surface area (Å²) in [5.74, 6) is 7.57. The van der Waals surface area contributed by atoms with Crippen molar-refractivity contribution in [3.8, 4) is 0 Å². The van der Waals surface area contributed by atoms with Gasteiger partial charge in [-0.15, -0.1) is 0 Å². The Bertz CT molecular complexity index is 583. The van der Waals surface area contributed by atoms with Crippen LogP contribution in [0.5, 0.6) is 0 Å². The van der Waals surface area contributed by atoms with E-state index in [1.807, 2.05) is 38.1 Å². The second kappa shape index (κ2) is 6.54. The highest BCUT2D eigenvalue weighted by molar-refractivity contribution is 6.30. The number of nitrogens with one attached hydrogen (secondary N) is 2. The Morgan fingerprint density at radius 2 is 1.75 bits per heavy atom. The van der Waals surface area contributed by atoms with Crippen LogP contribution in [0.2, 0.25) is 5.02 Å². The van der Waals surface area contributed by atoms with Gasteiger partial charge in [-0.1, -0.05) is 23.7 Å². The van der Waals surface area contributed by atoms with Gasteiger partial charge in [0.05, 0.1) is 0 Å². The Morgan fingerprint density at radius 3 is 2.40 bits per heavy atom. The molecule has 4 N–H and O–H groups in total. The molecule has 20 heavy (non-hydrogen) atoms. The highest BCUT2D eigenvalue weighted by Crippen LogP contribution is 2.19. The number of nitrogens with two attached hydrogens (primary N) is 1. The summed E-state index contributed by atoms with van der Waals surface area (Å²) < 4.78 is 0. The van der Waals surface area contributed by atoms with Crippen LogP contribution in [0.15, 0.2) is 24.3 Å². The second-order valence-corrected chi connectivity index (χ2v) is 4.98. The predicted octanol–water partition coefficient (Wildman–Crippen LogP) is 2.69. The topological polar surface area (TPSA) is 75.9 Å². The number of hydrazine groups is 1. The molecular weight excluding hydrogens is 274 g/mol. The van der Waals surface area contributed by atoms with Crippen molar-refractivity contribution >= 4 is 23.2 Å². The van der Waals surface area contributed by atoms with Crippen LogP contribution >= 0.6 is 11.6 Å². The quantitative estimate of drug-likeness (QED) is 0.583. The molecule has 0 aliphatic carbocycles. The highest BCUT2D eigenvalue weighted by Gasteiger charge is 2.07. The lowest BCUT2D eigenvalue weighted by molar-refractivity contribution is 0.968. The van der Waals surface area contributed by atoms with E-state index in [0.717, 1.165) is 29.4 Å². The van der Waals surface area contributed by atoms with Gasteiger partial charge >= 0.3 is 0 Å². The van der Waals surface area contributed by atoms with Crippen molar-refractivity contribution in [2.75, 3.05) is 17.3 Å². The zero-order chi connectivity index (χ0) is 14.5. The number of hydrogen-bond donors (Lipinski definition) is 3. The summed E-state index contributed by atoms with van der Waals surface area (Å²) in [5, 5.41) is 4.06. The number of aromatic nitrogens is 2. The number of rotatable bonds is 5. The van der Waals surface area contributed by atoms with Crippen LogP contribution in [0.3, 0.4) is 0 Å². The molecule has 0 spiro atoms. The molecule has 0 bridgehead atoms. The Hall–Kier alpha value is -1.85. The molecule has 0 radical (unpaired) electrons. The Labute approximate surface area is 123 Å². The zero-order valence-electron chi connectivity index (χ0n) is 11.6. The van der Waals surface area contributed by atoms with Gasteiger partial charge in [-0.3, -0.25) is 0 Å². The molecule has 0 atom stereocenters. The number of hydrogen-bond acceptors (Lipinski definition) is 5. The maximum atomic E-state index is 5.86. The van der Waals surface area contributed by atoms with Crippen LogP contribution in [-0.4, -0.2) is 16.5 Å². The maximum Gasteiger partial charge on any atom is 0.148 e. The summed E-state index contributed by atoms with van der Waals surface area (Å²) in [4.78, 5) is 8.61. The van der Waals surface area contributed by atoms with Crippen molar-refractivity contribution in [3.05, 3.63) is 46.2 Å². The minimum absolute atomic E-state index is 0.645. The molecule has 2 rings (SSSR count). The molecule has 0 saturated carbocycles. The van der Waals surface area contributed by atoms with Crippen LogP contribution in [0.1, 0.15) is 17.0 Å². The molecule has 0 aliphatic heterocycles. The Balaban J connectivity index is 2.00. The van der Waals surface area contributed by atoms with E-state index in [2.05, 4.69) is 20.7 Å². The number of anilines is 2. The molecule has 0 unspecified atom stereocenters. The molecule has 2 aromatic rings. The Kier molecular flexibility index (Phi) is 4.76. The van der Waals surface area contributed by atoms with Crippen molar-refractivity contribution in [3.63, 3.8) is 0 Å². The fourth-order valence-corrected chi connectivity index (χ4v) is 2.04. The lowest BCUT2D eigenvalue weighted by Crippen LogP contribution is -2.15. The van der Waals surface area contributed by atoms with E-state index in [0.29, 0.717) is 11.6 Å². The van der Waals surface area contributed by atoms with Gasteiger partial charge in [0, 0.05) is 17.1 Å². The monoisotopic (exact) mass is 291 g/mol. The third-order valence-corrected chi connectivity index (χ3v) is 3.27. The van der Waals surface area contributed by atoms with Gasteiger partial charge in [-0.25, -0.2) is 15.8 Å². The number of benzene rings is 1. The third kappa shape index (κ3) is 3.59. The summed E-state index contributed by atoms with van der Waals surface area (Å²) in [5.41, 5.74) is 4.72. The number of nitrogen functional groups attached to an aromatic ring is 1. The van der Waals surface area contributed by atoms with Crippen LogP contribution in [0.4, 0.5) is 11.6 Å². The molecule has 0 aliphatic rings. The van der Waals surface area contributed by atoms with Gasteiger partial charge < -0.3 is 10.7 Å². The summed E-state index contributed by atoms with van der Waals surface area (Å²) >= 11 is 5.86. The molecular formula is C14H18ClN5. The number of aryl methyl sites for hydroxylation is 1. The van der Waals surface area contributed by atoms with E-state index < -0.39 is 0 Å². The van der Waals surface area contributed by atoms with Crippen molar-refractivity contribution in [2.45, 2.75) is 20.3 Å². The van der Waals surface area contributed by atoms with Crippen molar-refractivity contribution in [1.82, 2.24) is 9.97 Å². The van der Waals surface area contributed by atoms with Crippen LogP contribution in [0.25, 0.3) is 0 Å². The molecule has 1 heterocycles. The van der Waals surface area contributed by atoms with E-state index in [9.17, 15) is 0 Å².